The van der Waals surface area contributed by atoms with E-state index in [2.05, 4.69) is 41.5 Å². The van der Waals surface area contributed by atoms with Crippen LogP contribution in [-0.2, 0) is 0 Å². The van der Waals surface area contributed by atoms with E-state index in [1.807, 2.05) is 13.1 Å². The molecule has 162 valence electrons. The third kappa shape index (κ3) is 2.75. The number of aromatic nitrogens is 8. The fourth-order valence-corrected chi connectivity index (χ4v) is 4.62. The Morgan fingerprint density at radius 2 is 1.97 bits per heavy atom. The van der Waals surface area contributed by atoms with Gasteiger partial charge in [0.2, 0.25) is 5.95 Å². The van der Waals surface area contributed by atoms with Crippen molar-refractivity contribution >= 4 is 5.82 Å². The molecule has 32 heavy (non-hydrogen) atoms. The quantitative estimate of drug-likeness (QED) is 0.488. The van der Waals surface area contributed by atoms with Crippen LogP contribution in [0.5, 0.6) is 0 Å². The maximum Gasteiger partial charge on any atom is 0.237 e. The molecule has 5 heterocycles. The zero-order chi connectivity index (χ0) is 21.8. The first kappa shape index (κ1) is 19.0. The van der Waals surface area contributed by atoms with Gasteiger partial charge in [-0.1, -0.05) is 6.92 Å². The molecule has 0 aromatic carbocycles. The van der Waals surface area contributed by atoms with E-state index in [0.29, 0.717) is 23.5 Å². The van der Waals surface area contributed by atoms with E-state index in [1.54, 1.807) is 23.0 Å². The van der Waals surface area contributed by atoms with Crippen LogP contribution in [0.25, 0.3) is 23.2 Å². The Labute approximate surface area is 184 Å². The second-order valence-electron chi connectivity index (χ2n) is 8.22. The van der Waals surface area contributed by atoms with Gasteiger partial charge in [0.05, 0.1) is 18.4 Å². The summed E-state index contributed by atoms with van der Waals surface area (Å²) in [6, 6.07) is 3.51. The van der Waals surface area contributed by atoms with E-state index in [1.165, 1.54) is 18.7 Å². The van der Waals surface area contributed by atoms with Crippen molar-refractivity contribution in [2.75, 3.05) is 4.90 Å². The van der Waals surface area contributed by atoms with Gasteiger partial charge >= 0.3 is 0 Å². The molecule has 0 N–H and O–H groups in total. The maximum atomic E-state index is 13.4. The highest BCUT2D eigenvalue weighted by atomic mass is 19.1. The van der Waals surface area contributed by atoms with Gasteiger partial charge in [-0.3, -0.25) is 9.13 Å². The van der Waals surface area contributed by atoms with Crippen LogP contribution in [0.15, 0.2) is 36.9 Å². The lowest BCUT2D eigenvalue weighted by molar-refractivity contribution is 0.341. The number of anilines is 1. The van der Waals surface area contributed by atoms with Gasteiger partial charge in [0, 0.05) is 18.4 Å². The Morgan fingerprint density at radius 3 is 2.69 bits per heavy atom. The minimum atomic E-state index is -0.390. The minimum absolute atomic E-state index is 0.109. The zero-order valence-corrected chi connectivity index (χ0v) is 17.9. The summed E-state index contributed by atoms with van der Waals surface area (Å²) in [5, 5.41) is 8.84. The summed E-state index contributed by atoms with van der Waals surface area (Å²) in [7, 11) is 0. The summed E-state index contributed by atoms with van der Waals surface area (Å²) in [4.78, 5) is 20.7. The molecule has 0 spiro atoms. The van der Waals surface area contributed by atoms with Crippen molar-refractivity contribution in [1.29, 1.82) is 0 Å². The first-order chi connectivity index (χ1) is 15.7. The fraction of sp³-hybridized carbons (Fsp3) is 0.364. The van der Waals surface area contributed by atoms with Crippen LogP contribution in [0, 0.1) is 12.7 Å². The van der Waals surface area contributed by atoms with Crippen LogP contribution in [0.1, 0.15) is 50.3 Å². The lowest BCUT2D eigenvalue weighted by Gasteiger charge is -2.45. The third-order valence-corrected chi connectivity index (χ3v) is 6.37. The molecule has 1 saturated carbocycles. The van der Waals surface area contributed by atoms with Crippen LogP contribution in [0.4, 0.5) is 10.2 Å². The lowest BCUT2D eigenvalue weighted by Crippen LogP contribution is -2.46. The summed E-state index contributed by atoms with van der Waals surface area (Å²) >= 11 is 0. The van der Waals surface area contributed by atoms with E-state index in [9.17, 15) is 4.39 Å². The first-order valence-electron chi connectivity index (χ1n) is 10.9. The molecule has 0 amide bonds. The molecule has 6 rings (SSSR count). The zero-order valence-electron chi connectivity index (χ0n) is 17.9. The van der Waals surface area contributed by atoms with Crippen molar-refractivity contribution in [3.05, 3.63) is 54.4 Å². The molecule has 0 bridgehead atoms. The molecule has 1 aliphatic heterocycles. The standard InChI is InChI=1S/C22H22FN9/c1-3-17-21-29-28-13(2)31(21)18-12-26-22(27-20(18)32(17)15-5-4-6-15)30-10-9-24-19(30)16-8-7-14(23)11-25-16/h7-12,15,17H,3-6H2,1-2H3. The second-order valence-corrected chi connectivity index (χ2v) is 8.22. The number of fused-ring (bicyclic) bond motifs is 3. The van der Waals surface area contributed by atoms with Gasteiger partial charge in [-0.05, 0) is 44.7 Å². The molecule has 1 aliphatic carbocycles. The highest BCUT2D eigenvalue weighted by Gasteiger charge is 2.40. The number of nitrogens with zero attached hydrogens (tertiary/aromatic N) is 9. The topological polar surface area (TPSA) is 90.4 Å². The Bertz CT molecular complexity index is 1290. The maximum absolute atomic E-state index is 13.4. The van der Waals surface area contributed by atoms with E-state index in [4.69, 9.17) is 4.98 Å². The Morgan fingerprint density at radius 1 is 1.09 bits per heavy atom. The summed E-state index contributed by atoms with van der Waals surface area (Å²) < 4.78 is 17.2. The van der Waals surface area contributed by atoms with Crippen molar-refractivity contribution < 1.29 is 4.39 Å². The fourth-order valence-electron chi connectivity index (χ4n) is 4.62. The monoisotopic (exact) mass is 431 g/mol. The molecule has 0 radical (unpaired) electrons. The minimum Gasteiger partial charge on any atom is -0.341 e. The number of imidazole rings is 1. The van der Waals surface area contributed by atoms with Gasteiger partial charge in [-0.15, -0.1) is 10.2 Å². The van der Waals surface area contributed by atoms with Crippen LogP contribution in [-0.4, -0.2) is 45.3 Å². The van der Waals surface area contributed by atoms with E-state index in [-0.39, 0.29) is 6.04 Å². The molecule has 10 heteroatoms. The Kier molecular flexibility index (Phi) is 4.27. The molecule has 4 aromatic heterocycles. The van der Waals surface area contributed by atoms with Gasteiger partial charge in [0.1, 0.15) is 23.0 Å². The van der Waals surface area contributed by atoms with E-state index < -0.39 is 5.82 Å². The van der Waals surface area contributed by atoms with Crippen LogP contribution in [0.2, 0.25) is 0 Å². The van der Waals surface area contributed by atoms with Crippen molar-refractivity contribution in [2.45, 2.75) is 51.6 Å². The molecule has 4 aromatic rings. The molecule has 2 aliphatic rings. The first-order valence-corrected chi connectivity index (χ1v) is 10.9. The summed E-state index contributed by atoms with van der Waals surface area (Å²) in [5.74, 6) is 3.31. The average Bonchev–Trinajstić information content (AvgIpc) is 3.40. The van der Waals surface area contributed by atoms with Crippen molar-refractivity contribution in [1.82, 2.24) is 39.3 Å². The number of hydrogen-bond acceptors (Lipinski definition) is 7. The summed E-state index contributed by atoms with van der Waals surface area (Å²) in [5.41, 5.74) is 1.45. The third-order valence-electron chi connectivity index (χ3n) is 6.37. The van der Waals surface area contributed by atoms with E-state index in [0.717, 1.165) is 42.4 Å². The normalized spacial score (nSPS) is 17.7. The molecule has 1 fully saturated rings. The van der Waals surface area contributed by atoms with E-state index >= 15 is 0 Å². The van der Waals surface area contributed by atoms with Gasteiger partial charge in [0.15, 0.2) is 17.5 Å². The van der Waals surface area contributed by atoms with Crippen molar-refractivity contribution in [3.8, 4) is 23.2 Å². The van der Waals surface area contributed by atoms with Gasteiger partial charge in [0.25, 0.3) is 0 Å². The Hall–Kier alpha value is -3.69. The van der Waals surface area contributed by atoms with Crippen LogP contribution < -0.4 is 4.90 Å². The molecular formula is C22H22FN9. The SMILES string of the molecule is CCC1c2nnc(C)n2-c2cnc(-n3ccnc3-c3ccc(F)cn3)nc2N1C1CCC1. The molecule has 9 nitrogen and oxygen atoms in total. The summed E-state index contributed by atoms with van der Waals surface area (Å²) in [6.07, 6.45) is 10.9. The highest BCUT2D eigenvalue weighted by molar-refractivity contribution is 5.64. The molecule has 1 unspecified atom stereocenters. The lowest BCUT2D eigenvalue weighted by atomic mass is 9.89. The van der Waals surface area contributed by atoms with Gasteiger partial charge in [-0.25, -0.2) is 19.3 Å². The van der Waals surface area contributed by atoms with Gasteiger partial charge in [-0.2, -0.15) is 4.98 Å². The number of pyridine rings is 1. The Balaban J connectivity index is 1.51. The van der Waals surface area contributed by atoms with Crippen molar-refractivity contribution in [2.24, 2.45) is 0 Å². The molecule has 0 saturated heterocycles. The number of rotatable bonds is 4. The van der Waals surface area contributed by atoms with Crippen LogP contribution in [0.3, 0.4) is 0 Å². The predicted molar refractivity (Wildman–Crippen MR) is 115 cm³/mol. The second kappa shape index (κ2) is 7.18. The smallest absolute Gasteiger partial charge is 0.237 e. The van der Waals surface area contributed by atoms with Gasteiger partial charge < -0.3 is 4.90 Å². The number of hydrogen-bond donors (Lipinski definition) is 0. The number of halogens is 1. The van der Waals surface area contributed by atoms with Crippen molar-refractivity contribution in [3.63, 3.8) is 0 Å². The molecule has 1 atom stereocenters. The molecular weight excluding hydrogens is 409 g/mol. The number of aryl methyl sites for hydroxylation is 1. The summed E-state index contributed by atoms with van der Waals surface area (Å²) in [6.45, 7) is 4.13. The average molecular weight is 431 g/mol. The largest absolute Gasteiger partial charge is 0.341 e. The highest BCUT2D eigenvalue weighted by Crippen LogP contribution is 2.44. The van der Waals surface area contributed by atoms with Crippen LogP contribution >= 0.6 is 0 Å². The predicted octanol–water partition coefficient (Wildman–Crippen LogP) is 3.58.